The van der Waals surface area contributed by atoms with Gasteiger partial charge in [-0.15, -0.1) is 0 Å². The first-order valence-corrected chi connectivity index (χ1v) is 7.82. The highest BCUT2D eigenvalue weighted by Gasteiger charge is 2.45. The molecule has 1 atom stereocenters. The second-order valence-corrected chi connectivity index (χ2v) is 7.60. The molecular weight excluding hydrogens is 327 g/mol. The fourth-order valence-corrected chi connectivity index (χ4v) is 2.92. The Balaban J connectivity index is 4.91. The molecule has 2 nitrogen and oxygen atoms in total. The lowest BCUT2D eigenvalue weighted by atomic mass is 9.66. The van der Waals surface area contributed by atoms with Gasteiger partial charge < -0.3 is 4.74 Å². The van der Waals surface area contributed by atoms with Crippen molar-refractivity contribution in [3.63, 3.8) is 0 Å². The van der Waals surface area contributed by atoms with Crippen LogP contribution in [0.15, 0.2) is 0 Å². The van der Waals surface area contributed by atoms with E-state index in [-0.39, 0.29) is 17.0 Å². The smallest absolute Gasteiger partial charge is 0.312 e. The van der Waals surface area contributed by atoms with E-state index in [1.807, 2.05) is 20.8 Å². The summed E-state index contributed by atoms with van der Waals surface area (Å²) in [6.07, 6.45) is 1.69. The van der Waals surface area contributed by atoms with Gasteiger partial charge in [0.2, 0.25) is 0 Å². The van der Waals surface area contributed by atoms with E-state index in [1.54, 1.807) is 0 Å². The van der Waals surface area contributed by atoms with Gasteiger partial charge in [0, 0.05) is 4.43 Å². The Hall–Kier alpha value is 0.200. The van der Waals surface area contributed by atoms with Crippen molar-refractivity contribution in [2.75, 3.05) is 4.43 Å². The zero-order chi connectivity index (χ0) is 13.9. The van der Waals surface area contributed by atoms with Crippen molar-refractivity contribution < 1.29 is 9.53 Å². The molecule has 0 aromatic carbocycles. The summed E-state index contributed by atoms with van der Waals surface area (Å²) in [5.41, 5.74) is -0.866. The standard InChI is InChI=1S/C14H27IO2/c1-8-14(7,12(2,3)4)11(16)17-13(5,6)9-10-15/h8-10H2,1-7H3. The predicted octanol–water partition coefficient (Wildman–Crippen LogP) is 4.60. The molecule has 102 valence electrons. The van der Waals surface area contributed by atoms with Crippen LogP contribution in [0.3, 0.4) is 0 Å². The third kappa shape index (κ3) is 4.42. The predicted molar refractivity (Wildman–Crippen MR) is 81.5 cm³/mol. The Kier molecular flexibility index (Phi) is 5.96. The summed E-state index contributed by atoms with van der Waals surface area (Å²) < 4.78 is 6.71. The third-order valence-corrected chi connectivity index (χ3v) is 4.42. The van der Waals surface area contributed by atoms with E-state index in [0.29, 0.717) is 0 Å². The summed E-state index contributed by atoms with van der Waals surface area (Å²) in [4.78, 5) is 12.4. The molecule has 0 N–H and O–H groups in total. The number of halogens is 1. The molecule has 0 aromatic rings. The van der Waals surface area contributed by atoms with E-state index < -0.39 is 5.41 Å². The van der Waals surface area contributed by atoms with Gasteiger partial charge in [-0.1, -0.05) is 50.3 Å². The van der Waals surface area contributed by atoms with Crippen molar-refractivity contribution >= 4 is 28.6 Å². The van der Waals surface area contributed by atoms with E-state index in [0.717, 1.165) is 17.3 Å². The molecule has 0 aliphatic carbocycles. The Bertz CT molecular complexity index is 266. The second kappa shape index (κ2) is 5.89. The number of rotatable bonds is 5. The largest absolute Gasteiger partial charge is 0.459 e. The van der Waals surface area contributed by atoms with Gasteiger partial charge in [-0.3, -0.25) is 4.79 Å². The minimum Gasteiger partial charge on any atom is -0.459 e. The van der Waals surface area contributed by atoms with Crippen molar-refractivity contribution in [3.05, 3.63) is 0 Å². The average Bonchev–Trinajstić information content (AvgIpc) is 2.13. The number of esters is 1. The summed E-state index contributed by atoms with van der Waals surface area (Å²) in [7, 11) is 0. The number of carbonyl (C=O) groups excluding carboxylic acids is 1. The first kappa shape index (κ1) is 17.2. The number of ether oxygens (including phenoxy) is 1. The monoisotopic (exact) mass is 354 g/mol. The van der Waals surface area contributed by atoms with Crippen molar-refractivity contribution in [1.29, 1.82) is 0 Å². The van der Waals surface area contributed by atoms with Crippen LogP contribution in [-0.4, -0.2) is 16.0 Å². The molecule has 0 radical (unpaired) electrons. The first-order valence-electron chi connectivity index (χ1n) is 6.29. The Morgan fingerprint density at radius 2 is 1.59 bits per heavy atom. The lowest BCUT2D eigenvalue weighted by Gasteiger charge is -2.41. The SMILES string of the molecule is CCC(C)(C(=O)OC(C)(C)CCI)C(C)(C)C. The Morgan fingerprint density at radius 1 is 1.12 bits per heavy atom. The van der Waals surface area contributed by atoms with Crippen molar-refractivity contribution in [3.8, 4) is 0 Å². The van der Waals surface area contributed by atoms with Crippen LogP contribution < -0.4 is 0 Å². The lowest BCUT2D eigenvalue weighted by molar-refractivity contribution is -0.175. The van der Waals surface area contributed by atoms with E-state index in [4.69, 9.17) is 4.74 Å². The summed E-state index contributed by atoms with van der Waals surface area (Å²) in [5.74, 6) is -0.0673. The van der Waals surface area contributed by atoms with Crippen LogP contribution in [0.5, 0.6) is 0 Å². The average molecular weight is 354 g/mol. The molecule has 0 spiro atoms. The Labute approximate surface area is 120 Å². The zero-order valence-electron chi connectivity index (χ0n) is 12.3. The van der Waals surface area contributed by atoms with Crippen LogP contribution in [0, 0.1) is 10.8 Å². The molecule has 17 heavy (non-hydrogen) atoms. The molecule has 0 aliphatic rings. The molecule has 0 bridgehead atoms. The van der Waals surface area contributed by atoms with Crippen LogP contribution >= 0.6 is 22.6 Å². The van der Waals surface area contributed by atoms with E-state index in [9.17, 15) is 4.79 Å². The van der Waals surface area contributed by atoms with Gasteiger partial charge >= 0.3 is 5.97 Å². The Morgan fingerprint density at radius 3 is 1.88 bits per heavy atom. The number of alkyl halides is 1. The fourth-order valence-electron chi connectivity index (χ4n) is 1.62. The highest BCUT2D eigenvalue weighted by Crippen LogP contribution is 2.43. The minimum absolute atomic E-state index is 0.0673. The highest BCUT2D eigenvalue weighted by molar-refractivity contribution is 14.1. The molecule has 0 amide bonds. The summed E-state index contributed by atoms with van der Waals surface area (Å²) in [6, 6.07) is 0. The van der Waals surface area contributed by atoms with Crippen LogP contribution in [0.25, 0.3) is 0 Å². The van der Waals surface area contributed by atoms with Crippen molar-refractivity contribution in [2.24, 2.45) is 10.8 Å². The van der Waals surface area contributed by atoms with E-state index >= 15 is 0 Å². The maximum absolute atomic E-state index is 12.4. The normalized spacial score (nSPS) is 16.5. The van der Waals surface area contributed by atoms with E-state index in [1.165, 1.54) is 0 Å². The summed E-state index contributed by atoms with van der Waals surface area (Å²) >= 11 is 2.31. The fraction of sp³-hybridized carbons (Fsp3) is 0.929. The van der Waals surface area contributed by atoms with Crippen molar-refractivity contribution in [1.82, 2.24) is 0 Å². The topological polar surface area (TPSA) is 26.3 Å². The van der Waals surface area contributed by atoms with Gasteiger partial charge in [0.1, 0.15) is 5.60 Å². The zero-order valence-corrected chi connectivity index (χ0v) is 14.5. The van der Waals surface area contributed by atoms with Crippen LogP contribution in [0.1, 0.15) is 61.3 Å². The molecule has 3 heteroatoms. The molecule has 0 heterocycles. The molecule has 0 aromatic heterocycles. The third-order valence-electron chi connectivity index (χ3n) is 3.88. The van der Waals surface area contributed by atoms with Crippen LogP contribution in [0.2, 0.25) is 0 Å². The highest BCUT2D eigenvalue weighted by atomic mass is 127. The first-order chi connectivity index (χ1) is 7.50. The molecule has 0 aliphatic heterocycles. The van der Waals surface area contributed by atoms with Crippen molar-refractivity contribution in [2.45, 2.75) is 66.9 Å². The minimum atomic E-state index is -0.421. The maximum Gasteiger partial charge on any atom is 0.312 e. The summed E-state index contributed by atoms with van der Waals surface area (Å²) in [6.45, 7) is 14.3. The number of carbonyl (C=O) groups is 1. The summed E-state index contributed by atoms with van der Waals surface area (Å²) in [5, 5.41) is 0. The van der Waals surface area contributed by atoms with Crippen LogP contribution in [0.4, 0.5) is 0 Å². The molecule has 0 saturated heterocycles. The molecule has 1 unspecified atom stereocenters. The molecule has 0 rings (SSSR count). The maximum atomic E-state index is 12.4. The van der Waals surface area contributed by atoms with Gasteiger partial charge in [-0.25, -0.2) is 0 Å². The van der Waals surface area contributed by atoms with Gasteiger partial charge in [-0.2, -0.15) is 0 Å². The number of hydrogen-bond donors (Lipinski definition) is 0. The molecule has 0 fully saturated rings. The molecular formula is C14H27IO2. The van der Waals surface area contributed by atoms with Gasteiger partial charge in [0.05, 0.1) is 5.41 Å². The van der Waals surface area contributed by atoms with Gasteiger partial charge in [0.25, 0.3) is 0 Å². The van der Waals surface area contributed by atoms with Crippen LogP contribution in [-0.2, 0) is 9.53 Å². The number of hydrogen-bond acceptors (Lipinski definition) is 2. The second-order valence-electron chi connectivity index (χ2n) is 6.52. The van der Waals surface area contributed by atoms with Gasteiger partial charge in [0.15, 0.2) is 0 Å². The lowest BCUT2D eigenvalue weighted by Crippen LogP contribution is -2.44. The quantitative estimate of drug-likeness (QED) is 0.410. The van der Waals surface area contributed by atoms with E-state index in [2.05, 4.69) is 50.3 Å². The van der Waals surface area contributed by atoms with Gasteiger partial charge in [-0.05, 0) is 39.0 Å². The molecule has 0 saturated carbocycles.